The smallest absolute Gasteiger partial charge is 0.353 e. The molecule has 2 rings (SSSR count). The van der Waals surface area contributed by atoms with E-state index in [0.29, 0.717) is 18.8 Å². The van der Waals surface area contributed by atoms with Gasteiger partial charge in [0, 0.05) is 12.2 Å². The van der Waals surface area contributed by atoms with Crippen LogP contribution in [0.25, 0.3) is 0 Å². The van der Waals surface area contributed by atoms with E-state index in [9.17, 15) is 10.1 Å². The Hall–Kier alpha value is -2.90. The average molecular weight is 331 g/mol. The molecule has 128 valence electrons. The van der Waals surface area contributed by atoms with Crippen molar-refractivity contribution in [2.24, 2.45) is 0 Å². The number of ether oxygens (including phenoxy) is 1. The zero-order valence-corrected chi connectivity index (χ0v) is 13.8. The highest BCUT2D eigenvalue weighted by atomic mass is 16.6. The molecule has 0 amide bonds. The van der Waals surface area contributed by atoms with Crippen molar-refractivity contribution < 1.29 is 9.66 Å². The fourth-order valence-corrected chi connectivity index (χ4v) is 2.09. The summed E-state index contributed by atoms with van der Waals surface area (Å²) < 4.78 is 5.38. The van der Waals surface area contributed by atoms with Gasteiger partial charge in [-0.2, -0.15) is 0 Å². The predicted octanol–water partition coefficient (Wildman–Crippen LogP) is 3.74. The highest BCUT2D eigenvalue weighted by molar-refractivity contribution is 5.73. The molecular weight excluding hydrogens is 310 g/mol. The Morgan fingerprint density at radius 2 is 1.88 bits per heavy atom. The van der Waals surface area contributed by atoms with E-state index >= 15 is 0 Å². The van der Waals surface area contributed by atoms with E-state index in [1.54, 1.807) is 24.3 Å². The molecule has 2 N–H and O–H groups in total. The summed E-state index contributed by atoms with van der Waals surface area (Å²) >= 11 is 0. The Morgan fingerprint density at radius 3 is 2.50 bits per heavy atom. The second-order valence-electron chi connectivity index (χ2n) is 5.04. The third-order valence-electron chi connectivity index (χ3n) is 3.26. The lowest BCUT2D eigenvalue weighted by Gasteiger charge is -2.10. The lowest BCUT2D eigenvalue weighted by atomic mass is 10.3. The Balaban J connectivity index is 2.22. The summed E-state index contributed by atoms with van der Waals surface area (Å²) in [6, 6.07) is 7.14. The number of anilines is 3. The summed E-state index contributed by atoms with van der Waals surface area (Å²) in [4.78, 5) is 18.9. The molecule has 8 nitrogen and oxygen atoms in total. The first kappa shape index (κ1) is 17.5. The minimum atomic E-state index is -0.481. The zero-order valence-electron chi connectivity index (χ0n) is 13.8. The molecule has 0 aliphatic heterocycles. The topological polar surface area (TPSA) is 102 Å². The van der Waals surface area contributed by atoms with Crippen molar-refractivity contribution in [1.82, 2.24) is 9.97 Å². The molecular formula is C16H21N5O3. The molecule has 0 bridgehead atoms. The first-order valence-corrected chi connectivity index (χ1v) is 7.88. The van der Waals surface area contributed by atoms with Gasteiger partial charge in [-0.3, -0.25) is 10.1 Å². The number of rotatable bonds is 9. The molecule has 0 atom stereocenters. The molecule has 0 radical (unpaired) electrons. The zero-order chi connectivity index (χ0) is 17.4. The van der Waals surface area contributed by atoms with E-state index < -0.39 is 4.92 Å². The van der Waals surface area contributed by atoms with Gasteiger partial charge in [0.25, 0.3) is 0 Å². The van der Waals surface area contributed by atoms with Crippen LogP contribution in [0.4, 0.5) is 23.0 Å². The standard InChI is InChI=1S/C16H21N5O3/c1-3-5-10-17-15-14(21(22)23)16(19-11-18-15)20-12-6-8-13(9-7-12)24-4-2/h6-9,11H,3-5,10H2,1-2H3,(H2,17,18,19,20). The highest BCUT2D eigenvalue weighted by Crippen LogP contribution is 2.31. The summed E-state index contributed by atoms with van der Waals surface area (Å²) in [6.07, 6.45) is 3.20. The number of hydrogen-bond donors (Lipinski definition) is 2. The van der Waals surface area contributed by atoms with Crippen LogP contribution in [-0.2, 0) is 0 Å². The lowest BCUT2D eigenvalue weighted by Crippen LogP contribution is -2.09. The SMILES string of the molecule is CCCCNc1ncnc(Nc2ccc(OCC)cc2)c1[N+](=O)[O-]. The molecule has 0 spiro atoms. The van der Waals surface area contributed by atoms with E-state index in [-0.39, 0.29) is 17.3 Å². The van der Waals surface area contributed by atoms with E-state index in [0.717, 1.165) is 18.6 Å². The van der Waals surface area contributed by atoms with Gasteiger partial charge in [-0.05, 0) is 37.6 Å². The minimum Gasteiger partial charge on any atom is -0.494 e. The Morgan fingerprint density at radius 1 is 1.17 bits per heavy atom. The summed E-state index contributed by atoms with van der Waals surface area (Å²) in [5.41, 5.74) is 0.516. The van der Waals surface area contributed by atoms with Crippen molar-refractivity contribution in [1.29, 1.82) is 0 Å². The molecule has 1 heterocycles. The van der Waals surface area contributed by atoms with Gasteiger partial charge in [-0.1, -0.05) is 13.3 Å². The third kappa shape index (κ3) is 4.55. The lowest BCUT2D eigenvalue weighted by molar-refractivity contribution is -0.383. The molecule has 1 aromatic carbocycles. The normalized spacial score (nSPS) is 10.2. The average Bonchev–Trinajstić information content (AvgIpc) is 2.57. The van der Waals surface area contributed by atoms with Crippen LogP contribution in [0.1, 0.15) is 26.7 Å². The van der Waals surface area contributed by atoms with Gasteiger partial charge in [0.1, 0.15) is 12.1 Å². The molecule has 0 saturated carbocycles. The van der Waals surface area contributed by atoms with Gasteiger partial charge in [-0.15, -0.1) is 0 Å². The first-order valence-electron chi connectivity index (χ1n) is 7.88. The molecule has 8 heteroatoms. The molecule has 0 unspecified atom stereocenters. The maximum Gasteiger partial charge on any atom is 0.353 e. The molecule has 0 fully saturated rings. The number of nitrogens with one attached hydrogen (secondary N) is 2. The number of hydrogen-bond acceptors (Lipinski definition) is 7. The van der Waals surface area contributed by atoms with Crippen molar-refractivity contribution in [2.75, 3.05) is 23.8 Å². The van der Waals surface area contributed by atoms with E-state index in [4.69, 9.17) is 4.74 Å². The summed E-state index contributed by atoms with van der Waals surface area (Å²) in [6.45, 7) is 5.16. The van der Waals surface area contributed by atoms with Crippen molar-refractivity contribution in [3.63, 3.8) is 0 Å². The molecule has 0 aliphatic rings. The summed E-state index contributed by atoms with van der Waals surface area (Å²) in [5, 5.41) is 17.4. The van der Waals surface area contributed by atoms with Crippen LogP contribution < -0.4 is 15.4 Å². The number of benzene rings is 1. The van der Waals surface area contributed by atoms with Crippen molar-refractivity contribution in [2.45, 2.75) is 26.7 Å². The fourth-order valence-electron chi connectivity index (χ4n) is 2.09. The fraction of sp³-hybridized carbons (Fsp3) is 0.375. The van der Waals surface area contributed by atoms with Gasteiger partial charge in [-0.25, -0.2) is 9.97 Å². The Kier molecular flexibility index (Phi) is 6.30. The van der Waals surface area contributed by atoms with Crippen molar-refractivity contribution >= 4 is 23.0 Å². The van der Waals surface area contributed by atoms with Gasteiger partial charge in [0.2, 0.25) is 11.6 Å². The van der Waals surface area contributed by atoms with Crippen LogP contribution >= 0.6 is 0 Å². The molecule has 0 aliphatic carbocycles. The largest absolute Gasteiger partial charge is 0.494 e. The second-order valence-corrected chi connectivity index (χ2v) is 5.04. The maximum atomic E-state index is 11.4. The Labute approximate surface area is 140 Å². The second kappa shape index (κ2) is 8.66. The van der Waals surface area contributed by atoms with Gasteiger partial charge in [0.05, 0.1) is 11.5 Å². The van der Waals surface area contributed by atoms with Crippen LogP contribution in [0, 0.1) is 10.1 Å². The van der Waals surface area contributed by atoms with Crippen LogP contribution in [0.5, 0.6) is 5.75 Å². The highest BCUT2D eigenvalue weighted by Gasteiger charge is 2.22. The quantitative estimate of drug-likeness (QED) is 0.410. The summed E-state index contributed by atoms with van der Waals surface area (Å²) in [7, 11) is 0. The van der Waals surface area contributed by atoms with Crippen LogP contribution in [0.3, 0.4) is 0 Å². The van der Waals surface area contributed by atoms with E-state index in [2.05, 4.69) is 27.5 Å². The molecule has 0 saturated heterocycles. The van der Waals surface area contributed by atoms with Crippen molar-refractivity contribution in [3.05, 3.63) is 40.7 Å². The van der Waals surface area contributed by atoms with Crippen molar-refractivity contribution in [3.8, 4) is 5.75 Å². The third-order valence-corrected chi connectivity index (χ3v) is 3.26. The molecule has 1 aromatic heterocycles. The monoisotopic (exact) mass is 331 g/mol. The van der Waals surface area contributed by atoms with E-state index in [1.807, 2.05) is 6.92 Å². The molecule has 2 aromatic rings. The number of nitro groups is 1. The molecule has 24 heavy (non-hydrogen) atoms. The Bertz CT molecular complexity index is 676. The van der Waals surface area contributed by atoms with Gasteiger partial charge < -0.3 is 15.4 Å². The van der Waals surface area contributed by atoms with Crippen LogP contribution in [-0.4, -0.2) is 28.0 Å². The number of nitrogens with zero attached hydrogens (tertiary/aromatic N) is 3. The van der Waals surface area contributed by atoms with Crippen LogP contribution in [0.2, 0.25) is 0 Å². The first-order chi connectivity index (χ1) is 11.7. The summed E-state index contributed by atoms with van der Waals surface area (Å²) in [5.74, 6) is 1.11. The number of unbranched alkanes of at least 4 members (excludes halogenated alkanes) is 1. The van der Waals surface area contributed by atoms with E-state index in [1.165, 1.54) is 6.33 Å². The maximum absolute atomic E-state index is 11.4. The van der Waals surface area contributed by atoms with Crippen LogP contribution in [0.15, 0.2) is 30.6 Å². The minimum absolute atomic E-state index is 0.151. The predicted molar refractivity (Wildman–Crippen MR) is 93.0 cm³/mol. The number of aromatic nitrogens is 2. The van der Waals surface area contributed by atoms with Gasteiger partial charge in [0.15, 0.2) is 0 Å². The van der Waals surface area contributed by atoms with Gasteiger partial charge >= 0.3 is 5.69 Å².